The summed E-state index contributed by atoms with van der Waals surface area (Å²) >= 11 is 12.2. The van der Waals surface area contributed by atoms with Crippen molar-refractivity contribution in [1.29, 1.82) is 0 Å². The quantitative estimate of drug-likeness (QED) is 0.905. The molecular weight excluding hydrogens is 245 g/mol. The van der Waals surface area contributed by atoms with E-state index in [0.717, 1.165) is 38.2 Å². The molecular formula is C11H15Cl2N3. The van der Waals surface area contributed by atoms with Crippen LogP contribution >= 0.6 is 23.2 Å². The lowest BCUT2D eigenvalue weighted by Crippen LogP contribution is -2.23. The first-order valence-corrected chi connectivity index (χ1v) is 6.16. The van der Waals surface area contributed by atoms with Crippen molar-refractivity contribution in [1.82, 2.24) is 9.88 Å². The molecule has 2 heterocycles. The van der Waals surface area contributed by atoms with E-state index in [1.807, 2.05) is 0 Å². The van der Waals surface area contributed by atoms with Crippen LogP contribution in [0.2, 0.25) is 10.0 Å². The molecule has 1 aromatic heterocycles. The molecule has 16 heavy (non-hydrogen) atoms. The molecule has 0 saturated carbocycles. The number of likely N-dealkylation sites (tertiary alicyclic amines) is 1. The van der Waals surface area contributed by atoms with Gasteiger partial charge in [-0.3, -0.25) is 9.88 Å². The Morgan fingerprint density at radius 3 is 2.62 bits per heavy atom. The van der Waals surface area contributed by atoms with E-state index in [0.29, 0.717) is 16.0 Å². The minimum atomic E-state index is 0.611. The number of rotatable bonds is 3. The zero-order valence-corrected chi connectivity index (χ0v) is 10.5. The van der Waals surface area contributed by atoms with Gasteiger partial charge in [0.15, 0.2) is 0 Å². The third-order valence-electron chi connectivity index (χ3n) is 3.04. The Morgan fingerprint density at radius 1 is 1.38 bits per heavy atom. The van der Waals surface area contributed by atoms with Crippen LogP contribution in [0.5, 0.6) is 0 Å². The van der Waals surface area contributed by atoms with Crippen LogP contribution in [0.1, 0.15) is 12.0 Å². The van der Waals surface area contributed by atoms with E-state index < -0.39 is 0 Å². The highest BCUT2D eigenvalue weighted by molar-refractivity contribution is 6.35. The van der Waals surface area contributed by atoms with E-state index >= 15 is 0 Å². The van der Waals surface area contributed by atoms with Crippen LogP contribution in [0.4, 0.5) is 0 Å². The van der Waals surface area contributed by atoms with Crippen molar-refractivity contribution in [2.45, 2.75) is 13.0 Å². The van der Waals surface area contributed by atoms with E-state index in [9.17, 15) is 0 Å². The van der Waals surface area contributed by atoms with Crippen LogP contribution in [0.25, 0.3) is 0 Å². The fraction of sp³-hybridized carbons (Fsp3) is 0.545. The number of hydrogen-bond donors (Lipinski definition) is 1. The average molecular weight is 260 g/mol. The molecule has 0 unspecified atom stereocenters. The van der Waals surface area contributed by atoms with Crippen LogP contribution in [0.15, 0.2) is 12.4 Å². The van der Waals surface area contributed by atoms with Crippen molar-refractivity contribution in [3.63, 3.8) is 0 Å². The second-order valence-corrected chi connectivity index (χ2v) is 5.02. The van der Waals surface area contributed by atoms with Gasteiger partial charge in [-0.15, -0.1) is 0 Å². The molecule has 1 aliphatic rings. The maximum atomic E-state index is 6.08. The van der Waals surface area contributed by atoms with Gasteiger partial charge in [-0.1, -0.05) is 23.2 Å². The van der Waals surface area contributed by atoms with E-state index in [2.05, 4.69) is 9.88 Å². The summed E-state index contributed by atoms with van der Waals surface area (Å²) in [5, 5.41) is 1.28. The molecule has 0 amide bonds. The van der Waals surface area contributed by atoms with Gasteiger partial charge in [0.05, 0.1) is 10.0 Å². The average Bonchev–Trinajstić information content (AvgIpc) is 2.71. The molecule has 1 aromatic rings. The van der Waals surface area contributed by atoms with Crippen molar-refractivity contribution in [2.75, 3.05) is 19.6 Å². The molecule has 5 heteroatoms. The fourth-order valence-electron chi connectivity index (χ4n) is 2.06. The third-order valence-corrected chi connectivity index (χ3v) is 3.69. The predicted octanol–water partition coefficient (Wildman–Crippen LogP) is 2.17. The number of pyridine rings is 1. The third kappa shape index (κ3) is 2.66. The van der Waals surface area contributed by atoms with Crippen molar-refractivity contribution < 1.29 is 0 Å². The van der Waals surface area contributed by atoms with Gasteiger partial charge in [0.1, 0.15) is 0 Å². The molecule has 1 aliphatic heterocycles. The summed E-state index contributed by atoms with van der Waals surface area (Å²) in [6.45, 7) is 3.65. The Bertz CT molecular complexity index is 350. The van der Waals surface area contributed by atoms with Crippen molar-refractivity contribution in [3.05, 3.63) is 28.0 Å². The number of nitrogens with zero attached hydrogens (tertiary/aromatic N) is 2. The van der Waals surface area contributed by atoms with Crippen LogP contribution in [-0.4, -0.2) is 29.5 Å². The Morgan fingerprint density at radius 2 is 2.06 bits per heavy atom. The fourth-order valence-corrected chi connectivity index (χ4v) is 2.55. The predicted molar refractivity (Wildman–Crippen MR) is 66.7 cm³/mol. The lowest BCUT2D eigenvalue weighted by Gasteiger charge is -2.17. The monoisotopic (exact) mass is 259 g/mol. The Labute approximate surface area is 106 Å². The van der Waals surface area contributed by atoms with Crippen molar-refractivity contribution in [3.8, 4) is 0 Å². The summed E-state index contributed by atoms with van der Waals surface area (Å²) in [6.07, 6.45) is 4.44. The molecule has 88 valence electrons. The molecule has 1 saturated heterocycles. The maximum absolute atomic E-state index is 6.08. The van der Waals surface area contributed by atoms with Crippen molar-refractivity contribution in [2.24, 2.45) is 11.7 Å². The molecule has 1 atom stereocenters. The first-order chi connectivity index (χ1) is 7.70. The smallest absolute Gasteiger partial charge is 0.0649 e. The molecule has 0 radical (unpaired) electrons. The maximum Gasteiger partial charge on any atom is 0.0649 e. The van der Waals surface area contributed by atoms with Gasteiger partial charge in [-0.05, 0) is 25.4 Å². The summed E-state index contributed by atoms with van der Waals surface area (Å²) in [5.41, 5.74) is 6.63. The molecule has 0 aliphatic carbocycles. The molecule has 0 bridgehead atoms. The molecule has 0 spiro atoms. The zero-order chi connectivity index (χ0) is 11.5. The lowest BCUT2D eigenvalue weighted by atomic mass is 10.1. The number of nitrogens with two attached hydrogens (primary N) is 1. The summed E-state index contributed by atoms with van der Waals surface area (Å²) in [6, 6.07) is 0. The second kappa shape index (κ2) is 5.32. The van der Waals surface area contributed by atoms with Crippen molar-refractivity contribution >= 4 is 23.2 Å². The largest absolute Gasteiger partial charge is 0.330 e. The van der Waals surface area contributed by atoms with Gasteiger partial charge < -0.3 is 5.73 Å². The topological polar surface area (TPSA) is 42.1 Å². The minimum absolute atomic E-state index is 0.611. The summed E-state index contributed by atoms with van der Waals surface area (Å²) in [7, 11) is 0. The van der Waals surface area contributed by atoms with Gasteiger partial charge in [-0.25, -0.2) is 0 Å². The van der Waals surface area contributed by atoms with Gasteiger partial charge in [0, 0.05) is 31.0 Å². The first kappa shape index (κ1) is 12.1. The Kier molecular flexibility index (Phi) is 4.03. The normalized spacial score (nSPS) is 21.6. The summed E-state index contributed by atoms with van der Waals surface area (Å²) in [4.78, 5) is 6.29. The van der Waals surface area contributed by atoms with Gasteiger partial charge in [0.2, 0.25) is 0 Å². The number of hydrogen-bond acceptors (Lipinski definition) is 3. The van der Waals surface area contributed by atoms with E-state index in [-0.39, 0.29) is 0 Å². The zero-order valence-electron chi connectivity index (χ0n) is 9.00. The first-order valence-electron chi connectivity index (χ1n) is 5.41. The lowest BCUT2D eigenvalue weighted by molar-refractivity contribution is 0.318. The minimum Gasteiger partial charge on any atom is -0.330 e. The van der Waals surface area contributed by atoms with E-state index in [1.54, 1.807) is 12.4 Å². The van der Waals surface area contributed by atoms with Crippen LogP contribution in [0.3, 0.4) is 0 Å². The standard InChI is InChI=1S/C11H15Cl2N3/c12-10-4-15-5-11(13)9(10)7-16-2-1-8(3-14)6-16/h4-5,8H,1-3,6-7,14H2/t8-/m0/s1. The molecule has 2 rings (SSSR count). The molecule has 1 fully saturated rings. The highest BCUT2D eigenvalue weighted by Crippen LogP contribution is 2.26. The van der Waals surface area contributed by atoms with E-state index in [4.69, 9.17) is 28.9 Å². The number of halogens is 2. The van der Waals surface area contributed by atoms with Gasteiger partial charge in [0.25, 0.3) is 0 Å². The summed E-state index contributed by atoms with van der Waals surface area (Å²) < 4.78 is 0. The molecule has 2 N–H and O–H groups in total. The van der Waals surface area contributed by atoms with Crippen LogP contribution in [-0.2, 0) is 6.54 Å². The molecule has 3 nitrogen and oxygen atoms in total. The molecule has 0 aromatic carbocycles. The van der Waals surface area contributed by atoms with E-state index in [1.165, 1.54) is 0 Å². The second-order valence-electron chi connectivity index (χ2n) is 4.21. The Hall–Kier alpha value is -0.350. The Balaban J connectivity index is 2.04. The highest BCUT2D eigenvalue weighted by atomic mass is 35.5. The number of aromatic nitrogens is 1. The summed E-state index contributed by atoms with van der Waals surface area (Å²) in [5.74, 6) is 0.611. The van der Waals surface area contributed by atoms with Crippen LogP contribution in [0, 0.1) is 5.92 Å². The van der Waals surface area contributed by atoms with Crippen LogP contribution < -0.4 is 5.73 Å². The highest BCUT2D eigenvalue weighted by Gasteiger charge is 2.22. The van der Waals surface area contributed by atoms with Gasteiger partial charge in [-0.2, -0.15) is 0 Å². The van der Waals surface area contributed by atoms with Gasteiger partial charge >= 0.3 is 0 Å². The SMILES string of the molecule is NC[C@@H]1CCN(Cc2c(Cl)cncc2Cl)C1.